The van der Waals surface area contributed by atoms with Crippen molar-refractivity contribution in [3.8, 4) is 0 Å². The van der Waals surface area contributed by atoms with Crippen molar-refractivity contribution in [3.63, 3.8) is 0 Å². The first kappa shape index (κ1) is 30.8. The molecule has 0 aromatic heterocycles. The van der Waals surface area contributed by atoms with Gasteiger partial charge in [0.1, 0.15) is 0 Å². The predicted molar refractivity (Wildman–Crippen MR) is 143 cm³/mol. The Labute approximate surface area is 196 Å². The second-order valence-electron chi connectivity index (χ2n) is 13.0. The highest BCUT2D eigenvalue weighted by atomic mass is 28.4. The second kappa shape index (κ2) is 11.8. The van der Waals surface area contributed by atoms with E-state index in [2.05, 4.69) is 99.5 Å². The number of rotatable bonds is 12. The smallest absolute Gasteiger partial charge is 0.308 e. The summed E-state index contributed by atoms with van der Waals surface area (Å²) in [6.45, 7) is 30.5. The summed E-state index contributed by atoms with van der Waals surface area (Å²) >= 11 is 0. The Morgan fingerprint density at radius 2 is 1.35 bits per heavy atom. The van der Waals surface area contributed by atoms with E-state index in [1.54, 1.807) is 0 Å². The summed E-state index contributed by atoms with van der Waals surface area (Å²) in [5, 5.41) is 0.302. The van der Waals surface area contributed by atoms with Gasteiger partial charge in [0.2, 0.25) is 0 Å². The normalized spacial score (nSPS) is 15.4. The zero-order valence-corrected chi connectivity index (χ0v) is 25.9. The summed E-state index contributed by atoms with van der Waals surface area (Å²) in [6.07, 6.45) is 5.02. The van der Waals surface area contributed by atoms with Crippen LogP contribution in [0.2, 0.25) is 61.9 Å². The van der Waals surface area contributed by atoms with Crippen molar-refractivity contribution in [2.45, 2.75) is 122 Å². The molecular formula is C24H52O4Si3. The number of esters is 1. The first-order chi connectivity index (χ1) is 13.7. The van der Waals surface area contributed by atoms with E-state index in [4.69, 9.17) is 13.6 Å². The largest absolute Gasteiger partial charge is 0.466 e. The zero-order chi connectivity index (χ0) is 24.7. The number of ether oxygens (including phenoxy) is 1. The maximum atomic E-state index is 12.5. The Hall–Kier alpha value is -0.219. The van der Waals surface area contributed by atoms with E-state index in [1.807, 2.05) is 0 Å². The van der Waals surface area contributed by atoms with Gasteiger partial charge in [-0.2, -0.15) is 0 Å². The van der Waals surface area contributed by atoms with Crippen LogP contribution in [-0.2, 0) is 18.4 Å². The lowest BCUT2D eigenvalue weighted by molar-refractivity contribution is -0.144. The number of hydrogen-bond donors (Lipinski definition) is 0. The van der Waals surface area contributed by atoms with Gasteiger partial charge in [0.05, 0.1) is 19.1 Å². The van der Waals surface area contributed by atoms with E-state index in [0.29, 0.717) is 13.2 Å². The highest BCUT2D eigenvalue weighted by Gasteiger charge is 2.39. The Bertz CT molecular complexity index is 579. The Kier molecular flexibility index (Phi) is 11.7. The summed E-state index contributed by atoms with van der Waals surface area (Å²) in [7, 11) is -4.94. The molecule has 1 atom stereocenters. The van der Waals surface area contributed by atoms with E-state index in [-0.39, 0.29) is 28.6 Å². The topological polar surface area (TPSA) is 44.8 Å². The van der Waals surface area contributed by atoms with Crippen molar-refractivity contribution in [2.75, 3.05) is 13.2 Å². The van der Waals surface area contributed by atoms with Gasteiger partial charge in [-0.05, 0) is 48.7 Å². The van der Waals surface area contributed by atoms with Crippen LogP contribution in [0.25, 0.3) is 0 Å². The van der Waals surface area contributed by atoms with Gasteiger partial charge in [-0.25, -0.2) is 0 Å². The van der Waals surface area contributed by atoms with Gasteiger partial charge in [0.15, 0.2) is 16.6 Å². The van der Waals surface area contributed by atoms with Crippen LogP contribution in [0.1, 0.15) is 54.4 Å². The summed E-state index contributed by atoms with van der Waals surface area (Å²) < 4.78 is 18.4. The molecule has 0 saturated carbocycles. The maximum absolute atomic E-state index is 12.5. The minimum absolute atomic E-state index is 0.0896. The van der Waals surface area contributed by atoms with E-state index in [0.717, 1.165) is 12.5 Å². The second-order valence-corrected chi connectivity index (χ2v) is 28.2. The molecule has 0 unspecified atom stereocenters. The Morgan fingerprint density at radius 3 is 1.81 bits per heavy atom. The van der Waals surface area contributed by atoms with Crippen LogP contribution in [-0.4, -0.2) is 50.0 Å². The minimum atomic E-state index is -2.00. The van der Waals surface area contributed by atoms with Gasteiger partial charge in [-0.3, -0.25) is 4.79 Å². The Balaban J connectivity index is 5.00. The third-order valence-electron chi connectivity index (χ3n) is 6.64. The van der Waals surface area contributed by atoms with Gasteiger partial charge in [0.25, 0.3) is 0 Å². The lowest BCUT2D eigenvalue weighted by atomic mass is 10.2. The van der Waals surface area contributed by atoms with Crippen molar-refractivity contribution >= 4 is 30.7 Å². The molecule has 0 bridgehead atoms. The fourth-order valence-electron chi connectivity index (χ4n) is 2.25. The van der Waals surface area contributed by atoms with Gasteiger partial charge in [0, 0.05) is 14.7 Å². The van der Waals surface area contributed by atoms with Gasteiger partial charge >= 0.3 is 5.97 Å². The molecule has 0 saturated heterocycles. The van der Waals surface area contributed by atoms with Crippen LogP contribution in [0.3, 0.4) is 0 Å². The van der Waals surface area contributed by atoms with E-state index in [1.165, 1.54) is 0 Å². The molecule has 0 aromatic carbocycles. The molecule has 184 valence electrons. The molecule has 0 rings (SSSR count). The highest BCUT2D eigenvalue weighted by Crippen LogP contribution is 2.38. The summed E-state index contributed by atoms with van der Waals surface area (Å²) in [6, 6.07) is 0.993. The SMILES string of the molecule is CC(C)(C)[Si](C)(C)OCC/C=C/[C@H](CC(=O)OCC[Si](C)(C)C)O[Si](C)(C)C(C)(C)C. The molecule has 0 radical (unpaired) electrons. The minimum Gasteiger partial charge on any atom is -0.466 e. The standard InChI is InChI=1S/C24H52O4Si3/c1-23(2,3)30(10,11)27-17-15-14-16-21(28-31(12,13)24(4,5)6)20-22(25)26-18-19-29(7,8)9/h14,16,21H,15,17-20H2,1-13H3/b16-14+/t21-/m1/s1. The molecule has 0 aliphatic rings. The molecule has 0 fully saturated rings. The van der Waals surface area contributed by atoms with Crippen LogP contribution in [0, 0.1) is 0 Å². The molecule has 31 heavy (non-hydrogen) atoms. The third kappa shape index (κ3) is 12.6. The maximum Gasteiger partial charge on any atom is 0.308 e. The van der Waals surface area contributed by atoms with Gasteiger partial charge in [-0.15, -0.1) is 0 Å². The van der Waals surface area contributed by atoms with Crippen LogP contribution in [0.5, 0.6) is 0 Å². The van der Waals surface area contributed by atoms with Crippen LogP contribution in [0.15, 0.2) is 12.2 Å². The quantitative estimate of drug-likeness (QED) is 0.123. The summed E-state index contributed by atoms with van der Waals surface area (Å²) in [4.78, 5) is 12.5. The first-order valence-corrected chi connectivity index (χ1v) is 21.3. The highest BCUT2D eigenvalue weighted by molar-refractivity contribution is 6.76. The lowest BCUT2D eigenvalue weighted by Crippen LogP contribution is -2.44. The molecule has 4 nitrogen and oxygen atoms in total. The fraction of sp³-hybridized carbons (Fsp3) is 0.875. The fourth-order valence-corrected chi connectivity index (χ4v) is 5.29. The summed E-state index contributed by atoms with van der Waals surface area (Å²) in [5.74, 6) is -0.163. The van der Waals surface area contributed by atoms with Gasteiger partial charge < -0.3 is 13.6 Å². The first-order valence-electron chi connectivity index (χ1n) is 11.8. The predicted octanol–water partition coefficient (Wildman–Crippen LogP) is 7.62. The molecule has 0 amide bonds. The van der Waals surface area contributed by atoms with Gasteiger partial charge in [-0.1, -0.05) is 73.3 Å². The molecular weight excluding hydrogens is 437 g/mol. The number of carbonyl (C=O) groups is 1. The molecule has 0 aromatic rings. The average Bonchev–Trinajstić information content (AvgIpc) is 2.50. The lowest BCUT2D eigenvalue weighted by Gasteiger charge is -2.38. The van der Waals surface area contributed by atoms with Crippen LogP contribution >= 0.6 is 0 Å². The monoisotopic (exact) mass is 488 g/mol. The van der Waals surface area contributed by atoms with Crippen LogP contribution < -0.4 is 0 Å². The molecule has 0 spiro atoms. The van der Waals surface area contributed by atoms with Crippen molar-refractivity contribution in [1.29, 1.82) is 0 Å². The molecule has 7 heteroatoms. The third-order valence-corrected chi connectivity index (χ3v) is 17.4. The average molecular weight is 489 g/mol. The number of carbonyl (C=O) groups excluding carboxylic acids is 1. The van der Waals surface area contributed by atoms with E-state index >= 15 is 0 Å². The van der Waals surface area contributed by atoms with Crippen LogP contribution in [0.4, 0.5) is 0 Å². The van der Waals surface area contributed by atoms with Crippen molar-refractivity contribution in [1.82, 2.24) is 0 Å². The van der Waals surface area contributed by atoms with Crippen molar-refractivity contribution < 1.29 is 18.4 Å². The van der Waals surface area contributed by atoms with E-state index in [9.17, 15) is 4.79 Å². The summed E-state index contributed by atoms with van der Waals surface area (Å²) in [5.41, 5.74) is 0. The molecule has 0 heterocycles. The van der Waals surface area contributed by atoms with E-state index < -0.39 is 24.7 Å². The van der Waals surface area contributed by atoms with Crippen molar-refractivity contribution in [3.05, 3.63) is 12.2 Å². The molecule has 0 aliphatic heterocycles. The number of hydrogen-bond acceptors (Lipinski definition) is 4. The zero-order valence-electron chi connectivity index (χ0n) is 22.9. The molecule has 0 N–H and O–H groups in total. The van der Waals surface area contributed by atoms with Crippen molar-refractivity contribution in [2.24, 2.45) is 0 Å². The molecule has 0 aliphatic carbocycles. The Morgan fingerprint density at radius 1 is 0.839 bits per heavy atom.